The standard InChI is InChI=1S/C11H24O4S/c1-2-3-5-8-11(16(13,14)15)9-6-4-7-10-12/h11-12H,2-10H2,1H3,(H,13,14,15). The van der Waals surface area contributed by atoms with E-state index in [-0.39, 0.29) is 6.61 Å². The monoisotopic (exact) mass is 252 g/mol. The minimum atomic E-state index is -3.90. The zero-order chi connectivity index (χ0) is 12.4. The molecular formula is C11H24O4S. The Balaban J connectivity index is 3.93. The molecule has 0 fully saturated rings. The molecule has 0 saturated heterocycles. The van der Waals surface area contributed by atoms with Crippen molar-refractivity contribution in [2.45, 2.75) is 63.5 Å². The molecule has 2 N–H and O–H groups in total. The highest BCUT2D eigenvalue weighted by Crippen LogP contribution is 2.17. The summed E-state index contributed by atoms with van der Waals surface area (Å²) < 4.78 is 31.2. The van der Waals surface area contributed by atoms with Crippen LogP contribution in [-0.2, 0) is 10.1 Å². The van der Waals surface area contributed by atoms with Crippen LogP contribution in [0.15, 0.2) is 0 Å². The summed E-state index contributed by atoms with van der Waals surface area (Å²) in [6, 6.07) is 0. The lowest BCUT2D eigenvalue weighted by molar-refractivity contribution is 0.282. The first-order chi connectivity index (χ1) is 7.52. The summed E-state index contributed by atoms with van der Waals surface area (Å²) >= 11 is 0. The molecule has 5 heteroatoms. The van der Waals surface area contributed by atoms with Gasteiger partial charge in [0.2, 0.25) is 0 Å². The Bertz CT molecular complexity index is 249. The summed E-state index contributed by atoms with van der Waals surface area (Å²) in [4.78, 5) is 0. The van der Waals surface area contributed by atoms with Crippen LogP contribution in [0.2, 0.25) is 0 Å². The Hall–Kier alpha value is -0.130. The number of unbranched alkanes of at least 4 members (excludes halogenated alkanes) is 4. The molecule has 0 radical (unpaired) electrons. The zero-order valence-corrected chi connectivity index (χ0v) is 10.9. The molecule has 0 spiro atoms. The van der Waals surface area contributed by atoms with Crippen molar-refractivity contribution in [3.05, 3.63) is 0 Å². The third-order valence-electron chi connectivity index (χ3n) is 2.74. The van der Waals surface area contributed by atoms with E-state index < -0.39 is 15.4 Å². The van der Waals surface area contributed by atoms with Gasteiger partial charge in [0.05, 0.1) is 5.25 Å². The molecule has 0 saturated carbocycles. The maximum atomic E-state index is 11.1. The van der Waals surface area contributed by atoms with Gasteiger partial charge in [-0.1, -0.05) is 39.0 Å². The molecule has 0 aliphatic rings. The molecule has 0 aromatic heterocycles. The van der Waals surface area contributed by atoms with Gasteiger partial charge in [-0.2, -0.15) is 8.42 Å². The molecule has 0 heterocycles. The highest BCUT2D eigenvalue weighted by atomic mass is 32.2. The van der Waals surface area contributed by atoms with Crippen molar-refractivity contribution < 1.29 is 18.1 Å². The lowest BCUT2D eigenvalue weighted by Gasteiger charge is -2.13. The molecule has 0 rings (SSSR count). The second-order valence-electron chi connectivity index (χ2n) is 4.21. The van der Waals surface area contributed by atoms with Crippen molar-refractivity contribution in [2.24, 2.45) is 0 Å². The van der Waals surface area contributed by atoms with Crippen LogP contribution in [0, 0.1) is 0 Å². The van der Waals surface area contributed by atoms with Gasteiger partial charge in [-0.25, -0.2) is 0 Å². The van der Waals surface area contributed by atoms with Gasteiger partial charge in [0, 0.05) is 6.61 Å². The van der Waals surface area contributed by atoms with E-state index in [1.807, 2.05) is 0 Å². The zero-order valence-electron chi connectivity index (χ0n) is 10.1. The Morgan fingerprint density at radius 3 is 2.00 bits per heavy atom. The number of rotatable bonds is 10. The number of hydrogen-bond donors (Lipinski definition) is 2. The molecule has 0 aromatic rings. The average molecular weight is 252 g/mol. The Labute approximate surface area is 98.8 Å². The minimum Gasteiger partial charge on any atom is -0.396 e. The van der Waals surface area contributed by atoms with Gasteiger partial charge in [0.25, 0.3) is 10.1 Å². The molecule has 0 bridgehead atoms. The van der Waals surface area contributed by atoms with Gasteiger partial charge in [0.15, 0.2) is 0 Å². The van der Waals surface area contributed by atoms with Crippen LogP contribution in [-0.4, -0.2) is 29.9 Å². The summed E-state index contributed by atoms with van der Waals surface area (Å²) in [6.45, 7) is 2.20. The summed E-state index contributed by atoms with van der Waals surface area (Å²) in [5, 5.41) is 7.98. The van der Waals surface area contributed by atoms with Crippen molar-refractivity contribution in [2.75, 3.05) is 6.61 Å². The first-order valence-corrected chi connectivity index (χ1v) is 7.59. The first-order valence-electron chi connectivity index (χ1n) is 6.09. The quantitative estimate of drug-likeness (QED) is 0.462. The summed E-state index contributed by atoms with van der Waals surface area (Å²) in [5.74, 6) is 0. The maximum absolute atomic E-state index is 11.1. The Morgan fingerprint density at radius 2 is 1.56 bits per heavy atom. The smallest absolute Gasteiger partial charge is 0.267 e. The van der Waals surface area contributed by atoms with Crippen LogP contribution >= 0.6 is 0 Å². The SMILES string of the molecule is CCCCCC(CCCCCO)S(=O)(=O)O. The van der Waals surface area contributed by atoms with Gasteiger partial charge in [-0.15, -0.1) is 0 Å². The van der Waals surface area contributed by atoms with Crippen molar-refractivity contribution in [3.8, 4) is 0 Å². The largest absolute Gasteiger partial charge is 0.396 e. The van der Waals surface area contributed by atoms with E-state index in [1.165, 1.54) is 0 Å². The van der Waals surface area contributed by atoms with E-state index >= 15 is 0 Å². The summed E-state index contributed by atoms with van der Waals surface area (Å²) in [5.41, 5.74) is 0. The maximum Gasteiger partial charge on any atom is 0.267 e. The molecule has 1 atom stereocenters. The number of hydrogen-bond acceptors (Lipinski definition) is 3. The van der Waals surface area contributed by atoms with Crippen molar-refractivity contribution >= 4 is 10.1 Å². The van der Waals surface area contributed by atoms with Crippen LogP contribution in [0.1, 0.15) is 58.3 Å². The summed E-state index contributed by atoms with van der Waals surface area (Å²) in [6.07, 6.45) is 6.21. The Morgan fingerprint density at radius 1 is 1.00 bits per heavy atom. The second-order valence-corrected chi connectivity index (χ2v) is 5.90. The summed E-state index contributed by atoms with van der Waals surface area (Å²) in [7, 11) is -3.90. The van der Waals surface area contributed by atoms with E-state index in [1.54, 1.807) is 0 Å². The van der Waals surface area contributed by atoms with Crippen LogP contribution in [0.25, 0.3) is 0 Å². The molecule has 98 valence electrons. The molecule has 0 amide bonds. The predicted octanol–water partition coefficient (Wildman–Crippen LogP) is 2.38. The number of aliphatic hydroxyl groups is 1. The molecule has 4 nitrogen and oxygen atoms in total. The van der Waals surface area contributed by atoms with Crippen LogP contribution in [0.3, 0.4) is 0 Å². The minimum absolute atomic E-state index is 0.145. The fraction of sp³-hybridized carbons (Fsp3) is 1.00. The molecule has 1 unspecified atom stereocenters. The van der Waals surface area contributed by atoms with E-state index in [4.69, 9.17) is 9.66 Å². The molecule has 16 heavy (non-hydrogen) atoms. The highest BCUT2D eigenvalue weighted by molar-refractivity contribution is 7.86. The average Bonchev–Trinajstić information content (AvgIpc) is 2.20. The van der Waals surface area contributed by atoms with Crippen molar-refractivity contribution in [1.82, 2.24) is 0 Å². The van der Waals surface area contributed by atoms with E-state index in [2.05, 4.69) is 6.92 Å². The van der Waals surface area contributed by atoms with E-state index in [0.29, 0.717) is 19.3 Å². The van der Waals surface area contributed by atoms with Gasteiger partial charge in [-0.05, 0) is 19.3 Å². The topological polar surface area (TPSA) is 74.6 Å². The van der Waals surface area contributed by atoms with Crippen LogP contribution in [0.5, 0.6) is 0 Å². The normalized spacial score (nSPS) is 13.9. The first kappa shape index (κ1) is 15.9. The van der Waals surface area contributed by atoms with Crippen molar-refractivity contribution in [3.63, 3.8) is 0 Å². The van der Waals surface area contributed by atoms with Crippen molar-refractivity contribution in [1.29, 1.82) is 0 Å². The second kappa shape index (κ2) is 8.96. The Kier molecular flexibility index (Phi) is 8.89. The third kappa shape index (κ3) is 8.07. The van der Waals surface area contributed by atoms with Gasteiger partial charge >= 0.3 is 0 Å². The predicted molar refractivity (Wildman–Crippen MR) is 65.0 cm³/mol. The third-order valence-corrected chi connectivity index (χ3v) is 4.05. The van der Waals surface area contributed by atoms with Gasteiger partial charge < -0.3 is 5.11 Å². The molecule has 0 aliphatic heterocycles. The van der Waals surface area contributed by atoms with Gasteiger partial charge in [-0.3, -0.25) is 4.55 Å². The van der Waals surface area contributed by atoms with Crippen LogP contribution in [0.4, 0.5) is 0 Å². The lowest BCUT2D eigenvalue weighted by Crippen LogP contribution is -2.20. The van der Waals surface area contributed by atoms with Crippen LogP contribution < -0.4 is 0 Å². The van der Waals surface area contributed by atoms with E-state index in [9.17, 15) is 8.42 Å². The fourth-order valence-electron chi connectivity index (χ4n) is 1.72. The van der Waals surface area contributed by atoms with Gasteiger partial charge in [0.1, 0.15) is 0 Å². The molecular weight excluding hydrogens is 228 g/mol. The molecule has 0 aromatic carbocycles. The fourth-order valence-corrected chi connectivity index (χ4v) is 2.65. The van der Waals surface area contributed by atoms with E-state index in [0.717, 1.165) is 32.1 Å². The molecule has 0 aliphatic carbocycles. The highest BCUT2D eigenvalue weighted by Gasteiger charge is 2.21. The lowest BCUT2D eigenvalue weighted by atomic mass is 10.1. The number of aliphatic hydroxyl groups excluding tert-OH is 1.